The first-order valence-electron chi connectivity index (χ1n) is 5.78. The summed E-state index contributed by atoms with van der Waals surface area (Å²) in [4.78, 5) is 0. The molecule has 0 unspecified atom stereocenters. The van der Waals surface area contributed by atoms with E-state index in [1.54, 1.807) is 7.11 Å². The Morgan fingerprint density at radius 3 is 2.89 bits per heavy atom. The normalized spacial score (nSPS) is 10.1. The van der Waals surface area contributed by atoms with Gasteiger partial charge in [-0.15, -0.1) is 0 Å². The number of rotatable bonds is 8. The molecule has 1 aromatic carbocycles. The Bertz CT molecular complexity index is 404. The number of ether oxygens (including phenoxy) is 2. The van der Waals surface area contributed by atoms with E-state index in [9.17, 15) is 0 Å². The maximum atomic E-state index is 9.04. The maximum Gasteiger partial charge on any atom is 0.103 e. The highest BCUT2D eigenvalue weighted by Crippen LogP contribution is 2.23. The summed E-state index contributed by atoms with van der Waals surface area (Å²) in [6, 6.07) is 7.84. The Morgan fingerprint density at radius 1 is 1.33 bits per heavy atom. The second kappa shape index (κ2) is 8.92. The van der Waals surface area contributed by atoms with Crippen LogP contribution in [0, 0.1) is 11.3 Å². The molecule has 0 atom stereocenters. The first-order chi connectivity index (χ1) is 8.79. The van der Waals surface area contributed by atoms with Crippen molar-refractivity contribution in [1.29, 1.82) is 5.26 Å². The van der Waals surface area contributed by atoms with Crippen LogP contribution in [0.15, 0.2) is 22.7 Å². The molecule has 98 valence electrons. The number of benzene rings is 1. The fourth-order valence-electron chi connectivity index (χ4n) is 1.43. The molecule has 0 aliphatic carbocycles. The summed E-state index contributed by atoms with van der Waals surface area (Å²) < 4.78 is 11.0. The first-order valence-corrected chi connectivity index (χ1v) is 6.58. The predicted molar refractivity (Wildman–Crippen MR) is 74.7 cm³/mol. The summed E-state index contributed by atoms with van der Waals surface area (Å²) in [5.41, 5.74) is 1.49. The van der Waals surface area contributed by atoms with Crippen molar-refractivity contribution >= 4 is 21.6 Å². The minimum atomic E-state index is 0.622. The van der Waals surface area contributed by atoms with Gasteiger partial charge < -0.3 is 14.8 Å². The van der Waals surface area contributed by atoms with Crippen molar-refractivity contribution in [1.82, 2.24) is 0 Å². The van der Waals surface area contributed by atoms with Gasteiger partial charge in [-0.05, 0) is 34.5 Å². The highest BCUT2D eigenvalue weighted by Gasteiger charge is 2.04. The Labute approximate surface area is 116 Å². The first kappa shape index (κ1) is 15.0. The van der Waals surface area contributed by atoms with E-state index in [1.807, 2.05) is 18.2 Å². The number of hydrogen-bond donors (Lipinski definition) is 1. The smallest absolute Gasteiger partial charge is 0.103 e. The molecule has 0 aliphatic heterocycles. The molecule has 0 aliphatic rings. The van der Waals surface area contributed by atoms with Gasteiger partial charge in [-0.3, -0.25) is 0 Å². The second-order valence-corrected chi connectivity index (χ2v) is 4.51. The zero-order chi connectivity index (χ0) is 13.2. The molecule has 18 heavy (non-hydrogen) atoms. The van der Waals surface area contributed by atoms with E-state index in [4.69, 9.17) is 14.7 Å². The third-order valence-corrected chi connectivity index (χ3v) is 3.00. The quantitative estimate of drug-likeness (QED) is 0.750. The number of halogens is 1. The predicted octanol–water partition coefficient (Wildman–Crippen LogP) is 2.79. The van der Waals surface area contributed by atoms with Crippen LogP contribution in [0.5, 0.6) is 0 Å². The maximum absolute atomic E-state index is 9.04. The van der Waals surface area contributed by atoms with Crippen LogP contribution < -0.4 is 5.32 Å². The summed E-state index contributed by atoms with van der Waals surface area (Å²) in [5.74, 6) is 0. The zero-order valence-corrected chi connectivity index (χ0v) is 12.0. The molecule has 0 fully saturated rings. The summed E-state index contributed by atoms with van der Waals surface area (Å²) in [6.07, 6.45) is 0.890. The van der Waals surface area contributed by atoms with Crippen molar-refractivity contribution in [3.63, 3.8) is 0 Å². The fourth-order valence-corrected chi connectivity index (χ4v) is 1.88. The fraction of sp³-hybridized carbons (Fsp3) is 0.462. The topological polar surface area (TPSA) is 54.3 Å². The Balaban J connectivity index is 2.28. The monoisotopic (exact) mass is 312 g/mol. The second-order valence-electron chi connectivity index (χ2n) is 3.66. The van der Waals surface area contributed by atoms with Crippen LogP contribution in [0.25, 0.3) is 0 Å². The van der Waals surface area contributed by atoms with Gasteiger partial charge in [-0.1, -0.05) is 6.07 Å². The van der Waals surface area contributed by atoms with E-state index >= 15 is 0 Å². The van der Waals surface area contributed by atoms with Crippen molar-refractivity contribution in [2.24, 2.45) is 0 Å². The third kappa shape index (κ3) is 5.05. The van der Waals surface area contributed by atoms with Crippen LogP contribution in [-0.4, -0.2) is 33.5 Å². The highest BCUT2D eigenvalue weighted by molar-refractivity contribution is 9.10. The average molecular weight is 313 g/mol. The molecule has 1 N–H and O–H groups in total. The van der Waals surface area contributed by atoms with E-state index in [1.165, 1.54) is 0 Å². The van der Waals surface area contributed by atoms with Crippen LogP contribution in [0.3, 0.4) is 0 Å². The molecule has 0 saturated carbocycles. The van der Waals surface area contributed by atoms with Gasteiger partial charge in [-0.2, -0.15) is 5.26 Å². The number of methoxy groups -OCH3 is 1. The third-order valence-electron chi connectivity index (χ3n) is 2.34. The van der Waals surface area contributed by atoms with E-state index in [0.29, 0.717) is 25.4 Å². The average Bonchev–Trinajstić information content (AvgIpc) is 2.38. The molecule has 0 aromatic heterocycles. The Morgan fingerprint density at radius 2 is 2.17 bits per heavy atom. The van der Waals surface area contributed by atoms with E-state index < -0.39 is 0 Å². The largest absolute Gasteiger partial charge is 0.384 e. The number of anilines is 1. The summed E-state index contributed by atoms with van der Waals surface area (Å²) in [7, 11) is 1.65. The van der Waals surface area contributed by atoms with Crippen molar-refractivity contribution in [2.45, 2.75) is 6.42 Å². The number of nitrogens with zero attached hydrogens (tertiary/aromatic N) is 1. The lowest BCUT2D eigenvalue weighted by Crippen LogP contribution is -2.09. The Kier molecular flexibility index (Phi) is 7.42. The molecule has 1 aromatic rings. The van der Waals surface area contributed by atoms with Gasteiger partial charge >= 0.3 is 0 Å². The van der Waals surface area contributed by atoms with Gasteiger partial charge in [0.1, 0.15) is 6.07 Å². The number of nitrogens with one attached hydrogen (secondary N) is 1. The molecule has 0 saturated heterocycles. The van der Waals surface area contributed by atoms with Gasteiger partial charge in [0, 0.05) is 24.7 Å². The van der Waals surface area contributed by atoms with Crippen LogP contribution in [0.2, 0.25) is 0 Å². The number of hydrogen-bond acceptors (Lipinski definition) is 4. The van der Waals surface area contributed by atoms with Gasteiger partial charge in [0.25, 0.3) is 0 Å². The van der Waals surface area contributed by atoms with Crippen molar-refractivity contribution in [3.05, 3.63) is 28.2 Å². The number of nitriles is 1. The Hall–Kier alpha value is -1.09. The molecule has 0 radical (unpaired) electrons. The molecule has 0 bridgehead atoms. The molecule has 5 heteroatoms. The lowest BCUT2D eigenvalue weighted by Gasteiger charge is -2.09. The zero-order valence-electron chi connectivity index (χ0n) is 10.4. The summed E-state index contributed by atoms with van der Waals surface area (Å²) >= 11 is 3.36. The van der Waals surface area contributed by atoms with Gasteiger partial charge in [0.05, 0.1) is 24.5 Å². The van der Waals surface area contributed by atoms with E-state index in [-0.39, 0.29) is 0 Å². The minimum Gasteiger partial charge on any atom is -0.384 e. The SMILES string of the molecule is COCCOCCCNc1cccc(Br)c1C#N. The van der Waals surface area contributed by atoms with Gasteiger partial charge in [0.2, 0.25) is 0 Å². The van der Waals surface area contributed by atoms with Crippen molar-refractivity contribution < 1.29 is 9.47 Å². The molecule has 4 nitrogen and oxygen atoms in total. The summed E-state index contributed by atoms with van der Waals surface area (Å²) in [6.45, 7) is 2.71. The molecule has 0 spiro atoms. The van der Waals surface area contributed by atoms with E-state index in [2.05, 4.69) is 27.3 Å². The summed E-state index contributed by atoms with van der Waals surface area (Å²) in [5, 5.41) is 12.3. The lowest BCUT2D eigenvalue weighted by molar-refractivity contribution is 0.0705. The highest BCUT2D eigenvalue weighted by atomic mass is 79.9. The molecule has 1 rings (SSSR count). The minimum absolute atomic E-state index is 0.622. The van der Waals surface area contributed by atoms with Crippen molar-refractivity contribution in [3.8, 4) is 6.07 Å². The van der Waals surface area contributed by atoms with Crippen LogP contribution in [0.4, 0.5) is 5.69 Å². The van der Waals surface area contributed by atoms with Gasteiger partial charge in [-0.25, -0.2) is 0 Å². The molecule has 0 heterocycles. The molecular weight excluding hydrogens is 296 g/mol. The standard InChI is InChI=1S/C13H17BrN2O2/c1-17-8-9-18-7-3-6-16-13-5-2-4-12(14)11(13)10-15/h2,4-5,16H,3,6-9H2,1H3. The lowest BCUT2D eigenvalue weighted by atomic mass is 10.2. The van der Waals surface area contributed by atoms with Crippen LogP contribution >= 0.6 is 15.9 Å². The van der Waals surface area contributed by atoms with Crippen molar-refractivity contribution in [2.75, 3.05) is 38.8 Å². The molecule has 0 amide bonds. The van der Waals surface area contributed by atoms with Crippen LogP contribution in [0.1, 0.15) is 12.0 Å². The molecular formula is C13H17BrN2O2. The van der Waals surface area contributed by atoms with Gasteiger partial charge in [0.15, 0.2) is 0 Å². The van der Waals surface area contributed by atoms with E-state index in [0.717, 1.165) is 23.1 Å². The van der Waals surface area contributed by atoms with Crippen LogP contribution in [-0.2, 0) is 9.47 Å².